The number of hydrogen-bond acceptors (Lipinski definition) is 3. The highest BCUT2D eigenvalue weighted by Crippen LogP contribution is 2.28. The standard InChI is InChI=1S/C18H21NO2/c1-12-10-19-11-13(2)16(12)14-6-8-15(9-7-14)21-17(20)18(3,4)5/h6-11H,1-5H3. The van der Waals surface area contributed by atoms with Crippen LogP contribution in [0, 0.1) is 19.3 Å². The summed E-state index contributed by atoms with van der Waals surface area (Å²) in [7, 11) is 0. The van der Waals surface area contributed by atoms with Gasteiger partial charge < -0.3 is 4.74 Å². The Morgan fingerprint density at radius 1 is 1.00 bits per heavy atom. The second-order valence-corrected chi connectivity index (χ2v) is 6.31. The number of aromatic nitrogens is 1. The molecule has 21 heavy (non-hydrogen) atoms. The maximum Gasteiger partial charge on any atom is 0.316 e. The lowest BCUT2D eigenvalue weighted by atomic mass is 9.97. The third-order valence-electron chi connectivity index (χ3n) is 3.29. The summed E-state index contributed by atoms with van der Waals surface area (Å²) in [6, 6.07) is 7.61. The maximum absolute atomic E-state index is 11.9. The van der Waals surface area contributed by atoms with Crippen molar-refractivity contribution in [1.82, 2.24) is 4.98 Å². The molecule has 0 spiro atoms. The summed E-state index contributed by atoms with van der Waals surface area (Å²) < 4.78 is 5.38. The Kier molecular flexibility index (Phi) is 4.12. The fourth-order valence-electron chi connectivity index (χ4n) is 2.11. The van der Waals surface area contributed by atoms with Crippen LogP contribution in [0.5, 0.6) is 5.75 Å². The molecule has 0 aliphatic heterocycles. The molecule has 110 valence electrons. The van der Waals surface area contributed by atoms with Gasteiger partial charge in [-0.1, -0.05) is 12.1 Å². The van der Waals surface area contributed by atoms with E-state index >= 15 is 0 Å². The molecule has 0 saturated carbocycles. The van der Waals surface area contributed by atoms with E-state index in [9.17, 15) is 4.79 Å². The number of pyridine rings is 1. The van der Waals surface area contributed by atoms with E-state index in [4.69, 9.17) is 4.74 Å². The highest BCUT2D eigenvalue weighted by molar-refractivity contribution is 5.78. The van der Waals surface area contributed by atoms with Crippen LogP contribution in [-0.4, -0.2) is 11.0 Å². The number of carbonyl (C=O) groups is 1. The van der Waals surface area contributed by atoms with Gasteiger partial charge in [-0.05, 0) is 69.0 Å². The predicted molar refractivity (Wildman–Crippen MR) is 84.2 cm³/mol. The first-order valence-corrected chi connectivity index (χ1v) is 7.03. The number of carbonyl (C=O) groups excluding carboxylic acids is 1. The Hall–Kier alpha value is -2.16. The van der Waals surface area contributed by atoms with E-state index < -0.39 is 5.41 Å². The SMILES string of the molecule is Cc1cncc(C)c1-c1ccc(OC(=O)C(C)(C)C)cc1. The Morgan fingerprint density at radius 3 is 2.00 bits per heavy atom. The largest absolute Gasteiger partial charge is 0.426 e. The Labute approximate surface area is 126 Å². The molecular weight excluding hydrogens is 262 g/mol. The molecule has 0 aliphatic carbocycles. The van der Waals surface area contributed by atoms with Crippen LogP contribution < -0.4 is 4.74 Å². The fraction of sp³-hybridized carbons (Fsp3) is 0.333. The maximum atomic E-state index is 11.9. The molecule has 3 heteroatoms. The summed E-state index contributed by atoms with van der Waals surface area (Å²) >= 11 is 0. The number of ether oxygens (including phenoxy) is 1. The molecule has 0 saturated heterocycles. The van der Waals surface area contributed by atoms with Crippen molar-refractivity contribution < 1.29 is 9.53 Å². The molecule has 1 aromatic heterocycles. The van der Waals surface area contributed by atoms with Gasteiger partial charge >= 0.3 is 5.97 Å². The molecule has 0 radical (unpaired) electrons. The highest BCUT2D eigenvalue weighted by atomic mass is 16.5. The fourth-order valence-corrected chi connectivity index (χ4v) is 2.11. The average molecular weight is 283 g/mol. The van der Waals surface area contributed by atoms with Crippen LogP contribution in [0.15, 0.2) is 36.7 Å². The molecule has 0 unspecified atom stereocenters. The van der Waals surface area contributed by atoms with E-state index in [0.717, 1.165) is 16.7 Å². The summed E-state index contributed by atoms with van der Waals surface area (Å²) in [4.78, 5) is 16.1. The minimum atomic E-state index is -0.503. The smallest absolute Gasteiger partial charge is 0.316 e. The average Bonchev–Trinajstić information content (AvgIpc) is 2.39. The number of esters is 1. The summed E-state index contributed by atoms with van der Waals surface area (Å²) in [6.45, 7) is 9.61. The van der Waals surface area contributed by atoms with E-state index in [-0.39, 0.29) is 5.97 Å². The van der Waals surface area contributed by atoms with Gasteiger partial charge in [-0.3, -0.25) is 9.78 Å². The molecule has 1 heterocycles. The summed E-state index contributed by atoms with van der Waals surface area (Å²) in [5, 5.41) is 0. The molecule has 0 atom stereocenters. The lowest BCUT2D eigenvalue weighted by Gasteiger charge is -2.16. The second kappa shape index (κ2) is 5.68. The zero-order chi connectivity index (χ0) is 15.6. The molecule has 0 N–H and O–H groups in total. The van der Waals surface area contributed by atoms with Gasteiger partial charge in [0, 0.05) is 12.4 Å². The zero-order valence-electron chi connectivity index (χ0n) is 13.2. The minimum Gasteiger partial charge on any atom is -0.426 e. The predicted octanol–water partition coefficient (Wildman–Crippen LogP) is 4.32. The lowest BCUT2D eigenvalue weighted by molar-refractivity contribution is -0.142. The quantitative estimate of drug-likeness (QED) is 0.608. The van der Waals surface area contributed by atoms with Crippen molar-refractivity contribution in [3.05, 3.63) is 47.8 Å². The van der Waals surface area contributed by atoms with Crippen LogP contribution in [0.1, 0.15) is 31.9 Å². The van der Waals surface area contributed by atoms with E-state index in [2.05, 4.69) is 4.98 Å². The highest BCUT2D eigenvalue weighted by Gasteiger charge is 2.23. The Bertz CT molecular complexity index is 632. The first-order valence-electron chi connectivity index (χ1n) is 7.03. The van der Waals surface area contributed by atoms with Crippen molar-refractivity contribution in [3.8, 4) is 16.9 Å². The number of nitrogens with zero attached hydrogens (tertiary/aromatic N) is 1. The lowest BCUT2D eigenvalue weighted by Crippen LogP contribution is -2.25. The van der Waals surface area contributed by atoms with E-state index in [0.29, 0.717) is 5.75 Å². The Morgan fingerprint density at radius 2 is 1.52 bits per heavy atom. The van der Waals surface area contributed by atoms with Crippen LogP contribution in [0.2, 0.25) is 0 Å². The molecule has 0 aliphatic rings. The summed E-state index contributed by atoms with van der Waals surface area (Å²) in [5.41, 5.74) is 4.04. The number of aryl methyl sites for hydroxylation is 2. The van der Waals surface area contributed by atoms with Gasteiger partial charge in [-0.2, -0.15) is 0 Å². The number of hydrogen-bond donors (Lipinski definition) is 0. The Balaban J connectivity index is 2.26. The van der Waals surface area contributed by atoms with Crippen molar-refractivity contribution in [1.29, 1.82) is 0 Å². The van der Waals surface area contributed by atoms with Crippen molar-refractivity contribution >= 4 is 5.97 Å². The normalized spacial score (nSPS) is 11.3. The van der Waals surface area contributed by atoms with Crippen LogP contribution in [-0.2, 0) is 4.79 Å². The third kappa shape index (κ3) is 3.48. The molecule has 2 aromatic rings. The van der Waals surface area contributed by atoms with E-state index in [1.807, 2.05) is 71.3 Å². The van der Waals surface area contributed by atoms with Crippen LogP contribution in [0.3, 0.4) is 0 Å². The van der Waals surface area contributed by atoms with Crippen molar-refractivity contribution in [2.45, 2.75) is 34.6 Å². The van der Waals surface area contributed by atoms with Gasteiger partial charge in [0.05, 0.1) is 5.41 Å². The van der Waals surface area contributed by atoms with Gasteiger partial charge in [-0.25, -0.2) is 0 Å². The first kappa shape index (κ1) is 15.2. The van der Waals surface area contributed by atoms with Gasteiger partial charge in [0.15, 0.2) is 0 Å². The molecule has 0 fully saturated rings. The van der Waals surface area contributed by atoms with Crippen molar-refractivity contribution in [3.63, 3.8) is 0 Å². The minimum absolute atomic E-state index is 0.230. The van der Waals surface area contributed by atoms with Crippen LogP contribution >= 0.6 is 0 Å². The molecule has 2 rings (SSSR count). The third-order valence-corrected chi connectivity index (χ3v) is 3.29. The van der Waals surface area contributed by atoms with Crippen molar-refractivity contribution in [2.75, 3.05) is 0 Å². The van der Waals surface area contributed by atoms with Gasteiger partial charge in [0.1, 0.15) is 5.75 Å². The van der Waals surface area contributed by atoms with Gasteiger partial charge in [0.2, 0.25) is 0 Å². The van der Waals surface area contributed by atoms with E-state index in [1.54, 1.807) is 0 Å². The molecule has 1 aromatic carbocycles. The van der Waals surface area contributed by atoms with Gasteiger partial charge in [-0.15, -0.1) is 0 Å². The van der Waals surface area contributed by atoms with Crippen LogP contribution in [0.4, 0.5) is 0 Å². The second-order valence-electron chi connectivity index (χ2n) is 6.31. The number of rotatable bonds is 2. The molecular formula is C18H21NO2. The molecule has 0 amide bonds. The summed E-state index contributed by atoms with van der Waals surface area (Å²) in [6.07, 6.45) is 3.71. The van der Waals surface area contributed by atoms with Crippen molar-refractivity contribution in [2.24, 2.45) is 5.41 Å². The monoisotopic (exact) mass is 283 g/mol. The van der Waals surface area contributed by atoms with Gasteiger partial charge in [0.25, 0.3) is 0 Å². The number of benzene rings is 1. The molecule has 3 nitrogen and oxygen atoms in total. The van der Waals surface area contributed by atoms with Crippen LogP contribution in [0.25, 0.3) is 11.1 Å². The zero-order valence-corrected chi connectivity index (χ0v) is 13.2. The first-order chi connectivity index (χ1) is 9.79. The molecule has 0 bridgehead atoms. The van der Waals surface area contributed by atoms with E-state index in [1.165, 1.54) is 5.56 Å². The summed E-state index contributed by atoms with van der Waals surface area (Å²) in [5.74, 6) is 0.342. The topological polar surface area (TPSA) is 39.2 Å².